The van der Waals surface area contributed by atoms with E-state index in [1.807, 2.05) is 6.08 Å². The van der Waals surface area contributed by atoms with Crippen molar-refractivity contribution in [2.45, 2.75) is 24.7 Å². The van der Waals surface area contributed by atoms with Crippen LogP contribution in [-0.2, 0) is 4.74 Å². The third-order valence-electron chi connectivity index (χ3n) is 2.22. The summed E-state index contributed by atoms with van der Waals surface area (Å²) < 4.78 is 5.07. The van der Waals surface area contributed by atoms with Crippen LogP contribution in [0, 0.1) is 5.92 Å². The van der Waals surface area contributed by atoms with E-state index in [9.17, 15) is 10.2 Å². The molecule has 0 unspecified atom stereocenters. The molecule has 1 aliphatic heterocycles. The average Bonchev–Trinajstić information content (AvgIpc) is 2.39. The summed E-state index contributed by atoms with van der Waals surface area (Å²) in [6, 6.07) is 0. The Balaban J connectivity index is 2.17. The Labute approximate surface area is 58.9 Å². The van der Waals surface area contributed by atoms with Gasteiger partial charge >= 0.3 is 0 Å². The summed E-state index contributed by atoms with van der Waals surface area (Å²) in [6.07, 6.45) is 2.72. The molecule has 10 heavy (non-hydrogen) atoms. The van der Waals surface area contributed by atoms with Crippen molar-refractivity contribution in [3.05, 3.63) is 12.3 Å². The number of hydrogen-bond acceptors (Lipinski definition) is 3. The van der Waals surface area contributed by atoms with Gasteiger partial charge in [-0.1, -0.05) is 0 Å². The van der Waals surface area contributed by atoms with E-state index in [2.05, 4.69) is 0 Å². The van der Waals surface area contributed by atoms with Crippen molar-refractivity contribution in [3.8, 4) is 0 Å². The van der Waals surface area contributed by atoms with E-state index < -0.39 is 12.2 Å². The Morgan fingerprint density at radius 1 is 1.30 bits per heavy atom. The molecule has 2 aliphatic rings. The van der Waals surface area contributed by atoms with Gasteiger partial charge in [-0.05, 0) is 6.08 Å². The van der Waals surface area contributed by atoms with Gasteiger partial charge in [0.25, 0.3) is 0 Å². The van der Waals surface area contributed by atoms with Crippen molar-refractivity contribution in [3.63, 3.8) is 0 Å². The third kappa shape index (κ3) is 0.676. The monoisotopic (exact) mass is 142 g/mol. The van der Waals surface area contributed by atoms with E-state index >= 15 is 0 Å². The van der Waals surface area contributed by atoms with Gasteiger partial charge in [-0.15, -0.1) is 0 Å². The van der Waals surface area contributed by atoms with E-state index in [-0.39, 0.29) is 12.0 Å². The zero-order valence-corrected chi connectivity index (χ0v) is 5.47. The molecule has 3 nitrogen and oxygen atoms in total. The van der Waals surface area contributed by atoms with Crippen molar-refractivity contribution in [2.24, 2.45) is 5.92 Å². The van der Waals surface area contributed by atoms with E-state index in [1.54, 1.807) is 6.26 Å². The van der Waals surface area contributed by atoms with Crippen LogP contribution in [0.1, 0.15) is 6.42 Å². The van der Waals surface area contributed by atoms with Crippen LogP contribution in [0.3, 0.4) is 0 Å². The normalized spacial score (nSPS) is 51.0. The molecule has 0 aromatic rings. The Kier molecular flexibility index (Phi) is 1.22. The molecule has 0 aromatic carbocycles. The zero-order valence-electron chi connectivity index (χ0n) is 5.47. The molecule has 0 radical (unpaired) electrons. The van der Waals surface area contributed by atoms with Gasteiger partial charge in [-0.2, -0.15) is 0 Å². The highest BCUT2D eigenvalue weighted by Gasteiger charge is 2.43. The third-order valence-corrected chi connectivity index (χ3v) is 2.22. The highest BCUT2D eigenvalue weighted by molar-refractivity contribution is 5.06. The maximum atomic E-state index is 9.28. The second kappa shape index (κ2) is 1.97. The topological polar surface area (TPSA) is 49.7 Å². The van der Waals surface area contributed by atoms with Crippen molar-refractivity contribution < 1.29 is 14.9 Å². The summed E-state index contributed by atoms with van der Waals surface area (Å²) >= 11 is 0. The molecular weight excluding hydrogens is 132 g/mol. The van der Waals surface area contributed by atoms with E-state index in [0.29, 0.717) is 6.42 Å². The van der Waals surface area contributed by atoms with Crippen LogP contribution < -0.4 is 0 Å². The summed E-state index contributed by atoms with van der Waals surface area (Å²) in [5.74, 6) is 0.0231. The van der Waals surface area contributed by atoms with Crippen LogP contribution in [0.15, 0.2) is 12.3 Å². The number of fused-ring (bicyclic) bond motifs is 1. The summed E-state index contributed by atoms with van der Waals surface area (Å²) in [7, 11) is 0. The van der Waals surface area contributed by atoms with Crippen LogP contribution in [-0.4, -0.2) is 28.5 Å². The lowest BCUT2D eigenvalue weighted by Gasteiger charge is -2.12. The van der Waals surface area contributed by atoms with E-state index in [0.717, 1.165) is 0 Å². The highest BCUT2D eigenvalue weighted by Crippen LogP contribution is 2.33. The minimum absolute atomic E-state index is 0.0231. The molecule has 0 spiro atoms. The summed E-state index contributed by atoms with van der Waals surface area (Å²) in [4.78, 5) is 0. The maximum absolute atomic E-state index is 9.28. The van der Waals surface area contributed by atoms with Gasteiger partial charge in [0, 0.05) is 12.3 Å². The minimum Gasteiger partial charge on any atom is -0.495 e. The molecule has 0 bridgehead atoms. The van der Waals surface area contributed by atoms with Crippen molar-refractivity contribution in [2.75, 3.05) is 0 Å². The molecule has 1 aliphatic carbocycles. The lowest BCUT2D eigenvalue weighted by molar-refractivity contribution is 0.0315. The van der Waals surface area contributed by atoms with Gasteiger partial charge in [0.1, 0.15) is 6.10 Å². The molecule has 1 saturated carbocycles. The Morgan fingerprint density at radius 3 is 2.80 bits per heavy atom. The smallest absolute Gasteiger partial charge is 0.132 e. The number of aliphatic hydroxyl groups excluding tert-OH is 2. The van der Waals surface area contributed by atoms with Crippen LogP contribution >= 0.6 is 0 Å². The fraction of sp³-hybridized carbons (Fsp3) is 0.714. The fourth-order valence-corrected chi connectivity index (χ4v) is 1.66. The summed E-state index contributed by atoms with van der Waals surface area (Å²) in [5.41, 5.74) is 0. The molecule has 1 fully saturated rings. The second-order valence-corrected chi connectivity index (χ2v) is 2.88. The Hall–Kier alpha value is -0.540. The number of rotatable bonds is 0. The van der Waals surface area contributed by atoms with Crippen LogP contribution in [0.5, 0.6) is 0 Å². The molecule has 1 heterocycles. The molecule has 0 amide bonds. The van der Waals surface area contributed by atoms with Gasteiger partial charge in [-0.25, -0.2) is 0 Å². The Morgan fingerprint density at radius 2 is 2.10 bits per heavy atom. The molecule has 4 atom stereocenters. The first-order valence-electron chi connectivity index (χ1n) is 3.47. The summed E-state index contributed by atoms with van der Waals surface area (Å²) in [6.45, 7) is 0. The first kappa shape index (κ1) is 6.19. The molecule has 0 saturated heterocycles. The van der Waals surface area contributed by atoms with Crippen molar-refractivity contribution in [1.29, 1.82) is 0 Å². The van der Waals surface area contributed by atoms with E-state index in [4.69, 9.17) is 4.74 Å². The molecular formula is C7H10O3. The predicted octanol–water partition coefficient (Wildman–Crippen LogP) is -0.359. The van der Waals surface area contributed by atoms with Crippen LogP contribution in [0.4, 0.5) is 0 Å². The van der Waals surface area contributed by atoms with Gasteiger partial charge < -0.3 is 14.9 Å². The van der Waals surface area contributed by atoms with Crippen LogP contribution in [0.25, 0.3) is 0 Å². The lowest BCUT2D eigenvalue weighted by atomic mass is 10.1. The molecule has 2 N–H and O–H groups in total. The molecule has 56 valence electrons. The SMILES string of the molecule is O[C@@H]1C[C@@H](O)[C@H]2OC=C[C@H]21. The fourth-order valence-electron chi connectivity index (χ4n) is 1.66. The molecule has 2 rings (SSSR count). The molecule has 0 aromatic heterocycles. The first-order valence-corrected chi connectivity index (χ1v) is 3.47. The zero-order chi connectivity index (χ0) is 7.14. The van der Waals surface area contributed by atoms with Crippen molar-refractivity contribution in [1.82, 2.24) is 0 Å². The largest absolute Gasteiger partial charge is 0.495 e. The summed E-state index contributed by atoms with van der Waals surface area (Å²) in [5, 5.41) is 18.5. The van der Waals surface area contributed by atoms with Gasteiger partial charge in [0.15, 0.2) is 0 Å². The predicted molar refractivity (Wildman–Crippen MR) is 34.1 cm³/mol. The van der Waals surface area contributed by atoms with Gasteiger partial charge in [0.05, 0.1) is 18.5 Å². The van der Waals surface area contributed by atoms with Gasteiger partial charge in [0.2, 0.25) is 0 Å². The second-order valence-electron chi connectivity index (χ2n) is 2.88. The number of hydrogen-bond donors (Lipinski definition) is 2. The quantitative estimate of drug-likeness (QED) is 0.485. The first-order chi connectivity index (χ1) is 4.79. The van der Waals surface area contributed by atoms with E-state index in [1.165, 1.54) is 0 Å². The standard InChI is InChI=1S/C7H10O3/c8-5-3-6(9)7-4(5)1-2-10-7/h1-2,4-9H,3H2/t4-,5+,6+,7-/m0/s1. The number of aliphatic hydroxyl groups is 2. The maximum Gasteiger partial charge on any atom is 0.132 e. The highest BCUT2D eigenvalue weighted by atomic mass is 16.5. The Bertz CT molecular complexity index is 166. The number of ether oxygens (including phenoxy) is 1. The average molecular weight is 142 g/mol. The van der Waals surface area contributed by atoms with Crippen molar-refractivity contribution >= 4 is 0 Å². The van der Waals surface area contributed by atoms with Gasteiger partial charge in [-0.3, -0.25) is 0 Å². The van der Waals surface area contributed by atoms with Crippen LogP contribution in [0.2, 0.25) is 0 Å². The lowest BCUT2D eigenvalue weighted by Crippen LogP contribution is -2.23. The minimum atomic E-state index is -0.491. The molecule has 3 heteroatoms.